The molecule has 9 heteroatoms. The van der Waals surface area contributed by atoms with Gasteiger partial charge in [0.2, 0.25) is 0 Å². The Morgan fingerprint density at radius 2 is 1.97 bits per heavy atom. The van der Waals surface area contributed by atoms with E-state index in [-0.39, 0.29) is 17.5 Å². The van der Waals surface area contributed by atoms with Crippen LogP contribution in [-0.2, 0) is 6.18 Å². The zero-order valence-electron chi connectivity index (χ0n) is 17.7. The van der Waals surface area contributed by atoms with E-state index in [4.69, 9.17) is 0 Å². The molecule has 4 heterocycles. The van der Waals surface area contributed by atoms with Gasteiger partial charge in [-0.25, -0.2) is 9.50 Å². The van der Waals surface area contributed by atoms with Gasteiger partial charge >= 0.3 is 6.18 Å². The number of rotatable bonds is 2. The molecule has 6 nitrogen and oxygen atoms in total. The summed E-state index contributed by atoms with van der Waals surface area (Å²) in [4.78, 5) is 22.7. The van der Waals surface area contributed by atoms with E-state index < -0.39 is 11.9 Å². The van der Waals surface area contributed by atoms with E-state index in [1.165, 1.54) is 0 Å². The first-order valence-electron chi connectivity index (χ1n) is 10.5. The number of carbonyl (C=O) groups excluding carboxylic acids is 1. The summed E-state index contributed by atoms with van der Waals surface area (Å²) in [5.74, 6) is -0.417. The summed E-state index contributed by atoms with van der Waals surface area (Å²) >= 11 is 0. The number of alkyl halides is 3. The van der Waals surface area contributed by atoms with Crippen LogP contribution in [0.3, 0.4) is 0 Å². The van der Waals surface area contributed by atoms with Crippen LogP contribution < -0.4 is 0 Å². The highest BCUT2D eigenvalue weighted by molar-refractivity contribution is 6.00. The smallest absolute Gasteiger partial charge is 0.350 e. The molecular weight excluding hydrogens is 419 g/mol. The van der Waals surface area contributed by atoms with Gasteiger partial charge in [0, 0.05) is 41.7 Å². The van der Waals surface area contributed by atoms with Gasteiger partial charge in [0.1, 0.15) is 11.4 Å². The number of nitrogens with zero attached hydrogens (tertiary/aromatic N) is 4. The van der Waals surface area contributed by atoms with Crippen molar-refractivity contribution >= 4 is 22.5 Å². The van der Waals surface area contributed by atoms with E-state index >= 15 is 0 Å². The second-order valence-electron chi connectivity index (χ2n) is 8.38. The zero-order chi connectivity index (χ0) is 22.6. The summed E-state index contributed by atoms with van der Waals surface area (Å²) in [6, 6.07) is 10.3. The number of aromatic nitrogens is 4. The molecule has 1 aliphatic rings. The first kappa shape index (κ1) is 20.5. The topological polar surface area (TPSA) is 66.3 Å². The molecule has 166 valence electrons. The van der Waals surface area contributed by atoms with Gasteiger partial charge in [-0.2, -0.15) is 18.3 Å². The number of fused-ring (bicyclic) bond motifs is 2. The number of benzene rings is 1. The molecule has 0 bridgehead atoms. The first-order chi connectivity index (χ1) is 15.2. The Kier molecular flexibility index (Phi) is 4.72. The van der Waals surface area contributed by atoms with Crippen LogP contribution in [0, 0.1) is 13.8 Å². The molecule has 1 unspecified atom stereocenters. The number of nitrogens with one attached hydrogen (secondary N) is 1. The highest BCUT2D eigenvalue weighted by Gasteiger charge is 2.37. The molecule has 1 N–H and O–H groups in total. The van der Waals surface area contributed by atoms with Gasteiger partial charge in [-0.3, -0.25) is 4.79 Å². The van der Waals surface area contributed by atoms with Crippen LogP contribution in [0.2, 0.25) is 0 Å². The summed E-state index contributed by atoms with van der Waals surface area (Å²) in [5.41, 5.74) is 2.42. The maximum absolute atomic E-state index is 13.7. The van der Waals surface area contributed by atoms with E-state index in [0.29, 0.717) is 43.0 Å². The SMILES string of the molecule is Cc1cc2nc(C3CCCN(C(=O)c4[nH]c5ccccc5c4C)C3)cc(C(F)(F)F)n2n1. The third-order valence-corrected chi connectivity index (χ3v) is 6.17. The van der Waals surface area contributed by atoms with Crippen molar-refractivity contribution in [2.24, 2.45) is 0 Å². The molecule has 0 saturated carbocycles. The molecule has 4 aromatic rings. The van der Waals surface area contributed by atoms with Crippen LogP contribution in [0.1, 0.15) is 51.9 Å². The van der Waals surface area contributed by atoms with Crippen molar-refractivity contribution < 1.29 is 18.0 Å². The lowest BCUT2D eigenvalue weighted by Gasteiger charge is -2.32. The van der Waals surface area contributed by atoms with Crippen molar-refractivity contribution in [3.8, 4) is 0 Å². The molecule has 1 aromatic carbocycles. The largest absolute Gasteiger partial charge is 0.433 e. The van der Waals surface area contributed by atoms with Crippen LogP contribution in [0.15, 0.2) is 36.4 Å². The van der Waals surface area contributed by atoms with Gasteiger partial charge in [0.05, 0.1) is 5.69 Å². The Balaban J connectivity index is 1.48. The van der Waals surface area contributed by atoms with Gasteiger partial charge in [-0.15, -0.1) is 0 Å². The van der Waals surface area contributed by atoms with Gasteiger partial charge < -0.3 is 9.88 Å². The van der Waals surface area contributed by atoms with E-state index in [9.17, 15) is 18.0 Å². The molecule has 0 spiro atoms. The molecule has 1 fully saturated rings. The highest BCUT2D eigenvalue weighted by atomic mass is 19.4. The molecule has 0 aliphatic carbocycles. The molecule has 1 aliphatic heterocycles. The summed E-state index contributed by atoms with van der Waals surface area (Å²) < 4.78 is 41.9. The number of piperidine rings is 1. The van der Waals surface area contributed by atoms with Crippen LogP contribution in [0.5, 0.6) is 0 Å². The molecule has 32 heavy (non-hydrogen) atoms. The number of H-pyrrole nitrogens is 1. The van der Waals surface area contributed by atoms with E-state index in [1.54, 1.807) is 17.9 Å². The van der Waals surface area contributed by atoms with Crippen molar-refractivity contribution in [3.63, 3.8) is 0 Å². The summed E-state index contributed by atoms with van der Waals surface area (Å²) in [5, 5.41) is 4.93. The predicted molar refractivity (Wildman–Crippen MR) is 114 cm³/mol. The second-order valence-corrected chi connectivity index (χ2v) is 8.38. The van der Waals surface area contributed by atoms with Crippen LogP contribution in [0.4, 0.5) is 13.2 Å². The first-order valence-corrected chi connectivity index (χ1v) is 10.5. The fourth-order valence-electron chi connectivity index (χ4n) is 4.58. The molecule has 1 saturated heterocycles. The molecule has 3 aromatic heterocycles. The summed E-state index contributed by atoms with van der Waals surface area (Å²) in [6.45, 7) is 4.42. The quantitative estimate of drug-likeness (QED) is 0.483. The number of amides is 1. The predicted octanol–water partition coefficient (Wildman–Crippen LogP) is 4.87. The van der Waals surface area contributed by atoms with E-state index in [2.05, 4.69) is 15.1 Å². The number of aryl methyl sites for hydroxylation is 2. The summed E-state index contributed by atoms with van der Waals surface area (Å²) in [7, 11) is 0. The summed E-state index contributed by atoms with van der Waals surface area (Å²) in [6.07, 6.45) is -3.19. The Labute approximate surface area is 182 Å². The minimum absolute atomic E-state index is 0.138. The Morgan fingerprint density at radius 1 is 1.19 bits per heavy atom. The van der Waals surface area contributed by atoms with Crippen molar-refractivity contribution in [2.45, 2.75) is 38.8 Å². The minimum Gasteiger partial charge on any atom is -0.350 e. The number of carbonyl (C=O) groups is 1. The number of likely N-dealkylation sites (tertiary alicyclic amines) is 1. The monoisotopic (exact) mass is 441 g/mol. The fourth-order valence-corrected chi connectivity index (χ4v) is 4.58. The average Bonchev–Trinajstić information content (AvgIpc) is 3.31. The van der Waals surface area contributed by atoms with Crippen LogP contribution in [-0.4, -0.2) is 43.5 Å². The minimum atomic E-state index is -4.56. The normalized spacial score (nSPS) is 17.4. The standard InChI is InChI=1S/C23H22F3N5O/c1-13-10-20-27-18(11-19(23(24,25)26)31(20)29-13)15-6-5-9-30(12-15)22(32)21-14(2)16-7-3-4-8-17(16)28-21/h3-4,7-8,10-11,15,28H,5-6,9,12H2,1-2H3. The fraction of sp³-hybridized carbons (Fsp3) is 0.348. The Bertz CT molecular complexity index is 1340. The number of halogens is 3. The van der Waals surface area contributed by atoms with Crippen LogP contribution >= 0.6 is 0 Å². The Hall–Kier alpha value is -3.36. The van der Waals surface area contributed by atoms with Gasteiger partial charge in [0.15, 0.2) is 5.65 Å². The third kappa shape index (κ3) is 3.41. The molecule has 5 rings (SSSR count). The number of para-hydroxylation sites is 1. The maximum Gasteiger partial charge on any atom is 0.433 e. The average molecular weight is 441 g/mol. The molecule has 1 amide bonds. The highest BCUT2D eigenvalue weighted by Crippen LogP contribution is 2.34. The van der Waals surface area contributed by atoms with Crippen molar-refractivity contribution in [2.75, 3.05) is 13.1 Å². The number of hydrogen-bond acceptors (Lipinski definition) is 3. The van der Waals surface area contributed by atoms with Gasteiger partial charge in [-0.1, -0.05) is 18.2 Å². The van der Waals surface area contributed by atoms with Crippen LogP contribution in [0.25, 0.3) is 16.6 Å². The maximum atomic E-state index is 13.7. The van der Waals surface area contributed by atoms with Gasteiger partial charge in [-0.05, 0) is 44.4 Å². The molecular formula is C23H22F3N5O. The molecule has 1 atom stereocenters. The lowest BCUT2D eigenvalue weighted by Crippen LogP contribution is -2.39. The van der Waals surface area contributed by atoms with Crippen molar-refractivity contribution in [1.82, 2.24) is 24.5 Å². The second kappa shape index (κ2) is 7.36. The van der Waals surface area contributed by atoms with E-state index in [0.717, 1.165) is 27.0 Å². The third-order valence-electron chi connectivity index (χ3n) is 6.17. The number of hydrogen-bond donors (Lipinski definition) is 1. The van der Waals surface area contributed by atoms with Crippen molar-refractivity contribution in [1.29, 1.82) is 0 Å². The zero-order valence-corrected chi connectivity index (χ0v) is 17.7. The van der Waals surface area contributed by atoms with Crippen molar-refractivity contribution in [3.05, 3.63) is 64.7 Å². The molecule has 0 radical (unpaired) electrons. The number of aromatic amines is 1. The van der Waals surface area contributed by atoms with Gasteiger partial charge in [0.25, 0.3) is 5.91 Å². The lowest BCUT2D eigenvalue weighted by atomic mass is 9.93. The lowest BCUT2D eigenvalue weighted by molar-refractivity contribution is -0.142. The van der Waals surface area contributed by atoms with E-state index in [1.807, 2.05) is 31.2 Å². The Morgan fingerprint density at radius 3 is 2.72 bits per heavy atom.